The number of hydrogen-bond donors (Lipinski definition) is 2. The van der Waals surface area contributed by atoms with Crippen LogP contribution in [0.4, 0.5) is 18.9 Å². The van der Waals surface area contributed by atoms with E-state index in [2.05, 4.69) is 10.3 Å². The zero-order valence-corrected chi connectivity index (χ0v) is 17.4. The highest BCUT2D eigenvalue weighted by atomic mass is 19.4. The van der Waals surface area contributed by atoms with E-state index < -0.39 is 22.6 Å². The number of carbonyl (C=O) groups is 1. The third kappa shape index (κ3) is 5.14. The van der Waals surface area contributed by atoms with Gasteiger partial charge >= 0.3 is 6.18 Å². The fourth-order valence-electron chi connectivity index (χ4n) is 3.20. The Hall–Kier alpha value is -3.66. The Morgan fingerprint density at radius 3 is 2.50 bits per heavy atom. The maximum atomic E-state index is 13.2. The molecule has 0 saturated heterocycles. The van der Waals surface area contributed by atoms with Crippen molar-refractivity contribution in [1.29, 1.82) is 0 Å². The number of aromatic amines is 1. The molecule has 0 radical (unpaired) electrons. The van der Waals surface area contributed by atoms with Crippen LogP contribution in [0.1, 0.15) is 15.9 Å². The lowest BCUT2D eigenvalue weighted by atomic mass is 10.0. The average molecular weight is 446 g/mol. The van der Waals surface area contributed by atoms with Crippen molar-refractivity contribution in [2.24, 2.45) is 0 Å². The quantitative estimate of drug-likeness (QED) is 0.411. The van der Waals surface area contributed by atoms with Gasteiger partial charge in [0, 0.05) is 24.8 Å². The van der Waals surface area contributed by atoms with Crippen molar-refractivity contribution in [3.8, 4) is 22.5 Å². The first-order valence-corrected chi connectivity index (χ1v) is 9.65. The molecule has 1 amide bonds. The second-order valence-corrected chi connectivity index (χ2v) is 7.38. The maximum absolute atomic E-state index is 13.2. The molecule has 3 rings (SSSR count). The monoisotopic (exact) mass is 446 g/mol. The first-order valence-electron chi connectivity index (χ1n) is 9.65. The molecule has 168 valence electrons. The van der Waals surface area contributed by atoms with E-state index in [0.717, 1.165) is 12.1 Å². The molecule has 2 N–H and O–H groups in total. The van der Waals surface area contributed by atoms with Gasteiger partial charge in [-0.05, 0) is 43.9 Å². The SMILES string of the molecule is CN(C)CCNC(=O)c1cc(-c2cccc(C(F)(F)F)c2)[nH]c1-c1ccccc1[N+](=O)[O-]. The summed E-state index contributed by atoms with van der Waals surface area (Å²) >= 11 is 0. The Kier molecular flexibility index (Phi) is 6.64. The smallest absolute Gasteiger partial charge is 0.354 e. The Bertz CT molecular complexity index is 1140. The first kappa shape index (κ1) is 23.0. The zero-order valence-electron chi connectivity index (χ0n) is 17.4. The first-order chi connectivity index (χ1) is 15.1. The van der Waals surface area contributed by atoms with Gasteiger partial charge in [0.1, 0.15) is 0 Å². The lowest BCUT2D eigenvalue weighted by molar-refractivity contribution is -0.384. The number of alkyl halides is 3. The van der Waals surface area contributed by atoms with Gasteiger partial charge < -0.3 is 15.2 Å². The van der Waals surface area contributed by atoms with Crippen LogP contribution in [0.15, 0.2) is 54.6 Å². The standard InChI is InChI=1S/C22H21F3N4O3/c1-28(2)11-10-26-21(30)17-13-18(14-6-5-7-15(12-14)22(23,24)25)27-20(17)16-8-3-4-9-19(16)29(31)32/h3-9,12-13,27H,10-11H2,1-2H3,(H,26,30). The van der Waals surface area contributed by atoms with Crippen LogP contribution in [0.5, 0.6) is 0 Å². The Labute approximate surface area is 182 Å². The molecule has 0 saturated carbocycles. The Balaban J connectivity index is 2.11. The normalized spacial score (nSPS) is 11.6. The Morgan fingerprint density at radius 1 is 1.12 bits per heavy atom. The second-order valence-electron chi connectivity index (χ2n) is 7.38. The van der Waals surface area contributed by atoms with Gasteiger partial charge in [-0.2, -0.15) is 13.2 Å². The van der Waals surface area contributed by atoms with Gasteiger partial charge in [-0.25, -0.2) is 0 Å². The van der Waals surface area contributed by atoms with E-state index in [1.807, 2.05) is 19.0 Å². The van der Waals surface area contributed by atoms with E-state index in [1.165, 1.54) is 36.4 Å². The minimum Gasteiger partial charge on any atom is -0.354 e. The summed E-state index contributed by atoms with van der Waals surface area (Å²) in [6, 6.07) is 11.9. The van der Waals surface area contributed by atoms with E-state index in [-0.39, 0.29) is 33.8 Å². The topological polar surface area (TPSA) is 91.3 Å². The van der Waals surface area contributed by atoms with Crippen molar-refractivity contribution in [3.05, 3.63) is 75.8 Å². The third-order valence-electron chi connectivity index (χ3n) is 4.78. The minimum absolute atomic E-state index is 0.102. The van der Waals surface area contributed by atoms with Crippen LogP contribution >= 0.6 is 0 Å². The maximum Gasteiger partial charge on any atom is 0.416 e. The molecule has 7 nitrogen and oxygen atoms in total. The Morgan fingerprint density at radius 2 is 1.84 bits per heavy atom. The van der Waals surface area contributed by atoms with Crippen LogP contribution in [-0.2, 0) is 6.18 Å². The lowest BCUT2D eigenvalue weighted by Crippen LogP contribution is -2.31. The largest absolute Gasteiger partial charge is 0.416 e. The molecule has 0 bridgehead atoms. The number of nitro benzene ring substituents is 1. The number of benzene rings is 2. The summed E-state index contributed by atoms with van der Waals surface area (Å²) < 4.78 is 39.5. The summed E-state index contributed by atoms with van der Waals surface area (Å²) in [5.74, 6) is -0.491. The summed E-state index contributed by atoms with van der Waals surface area (Å²) in [6.07, 6.45) is -4.53. The van der Waals surface area contributed by atoms with E-state index in [9.17, 15) is 28.1 Å². The van der Waals surface area contributed by atoms with Crippen molar-refractivity contribution in [1.82, 2.24) is 15.2 Å². The number of amides is 1. The summed E-state index contributed by atoms with van der Waals surface area (Å²) in [7, 11) is 3.68. The summed E-state index contributed by atoms with van der Waals surface area (Å²) in [4.78, 5) is 28.6. The van der Waals surface area contributed by atoms with Gasteiger partial charge in [-0.15, -0.1) is 0 Å². The van der Waals surface area contributed by atoms with Crippen LogP contribution in [0.2, 0.25) is 0 Å². The molecule has 0 fully saturated rings. The number of hydrogen-bond acceptors (Lipinski definition) is 4. The van der Waals surface area contributed by atoms with Gasteiger partial charge in [0.25, 0.3) is 11.6 Å². The zero-order chi connectivity index (χ0) is 23.5. The van der Waals surface area contributed by atoms with Crippen LogP contribution in [-0.4, -0.2) is 47.9 Å². The molecule has 0 atom stereocenters. The predicted molar refractivity (Wildman–Crippen MR) is 114 cm³/mol. The molecule has 32 heavy (non-hydrogen) atoms. The number of rotatable bonds is 7. The van der Waals surface area contributed by atoms with Gasteiger partial charge in [0.2, 0.25) is 0 Å². The summed E-state index contributed by atoms with van der Waals surface area (Å²) in [6.45, 7) is 0.893. The number of H-pyrrole nitrogens is 1. The van der Waals surface area contributed by atoms with Crippen LogP contribution in [0.25, 0.3) is 22.5 Å². The molecule has 0 aliphatic rings. The number of aromatic nitrogens is 1. The van der Waals surface area contributed by atoms with Gasteiger partial charge in [0.15, 0.2) is 0 Å². The van der Waals surface area contributed by atoms with Gasteiger partial charge in [-0.3, -0.25) is 14.9 Å². The van der Waals surface area contributed by atoms with Crippen LogP contribution < -0.4 is 5.32 Å². The highest BCUT2D eigenvalue weighted by Crippen LogP contribution is 2.36. The number of likely N-dealkylation sites (N-methyl/N-ethyl adjacent to an activating group) is 1. The van der Waals surface area contributed by atoms with E-state index in [0.29, 0.717) is 13.1 Å². The fraction of sp³-hybridized carbons (Fsp3) is 0.227. The molecular formula is C22H21F3N4O3. The van der Waals surface area contributed by atoms with Gasteiger partial charge in [0.05, 0.1) is 27.3 Å². The minimum atomic E-state index is -4.53. The average Bonchev–Trinajstić information content (AvgIpc) is 3.18. The molecule has 0 unspecified atom stereocenters. The highest BCUT2D eigenvalue weighted by Gasteiger charge is 2.31. The highest BCUT2D eigenvalue weighted by molar-refractivity contribution is 6.02. The lowest BCUT2D eigenvalue weighted by Gasteiger charge is -2.10. The number of nitrogens with one attached hydrogen (secondary N) is 2. The van der Waals surface area contributed by atoms with Crippen molar-refractivity contribution in [3.63, 3.8) is 0 Å². The number of carbonyl (C=O) groups excluding carboxylic acids is 1. The molecule has 1 heterocycles. The van der Waals surface area contributed by atoms with Crippen molar-refractivity contribution in [2.45, 2.75) is 6.18 Å². The fourth-order valence-corrected chi connectivity index (χ4v) is 3.20. The number of nitro groups is 1. The number of nitrogens with zero attached hydrogens (tertiary/aromatic N) is 2. The van der Waals surface area contributed by atoms with Crippen molar-refractivity contribution < 1.29 is 22.9 Å². The number of para-hydroxylation sites is 1. The molecule has 0 spiro atoms. The molecule has 0 aliphatic heterocycles. The molecule has 1 aromatic heterocycles. The van der Waals surface area contributed by atoms with E-state index in [4.69, 9.17) is 0 Å². The second kappa shape index (κ2) is 9.23. The summed E-state index contributed by atoms with van der Waals surface area (Å²) in [5.41, 5.74) is -0.207. The van der Waals surface area contributed by atoms with Crippen LogP contribution in [0, 0.1) is 10.1 Å². The molecule has 2 aromatic carbocycles. The van der Waals surface area contributed by atoms with Crippen molar-refractivity contribution in [2.75, 3.05) is 27.2 Å². The van der Waals surface area contributed by atoms with E-state index >= 15 is 0 Å². The molecule has 3 aromatic rings. The molecular weight excluding hydrogens is 425 g/mol. The van der Waals surface area contributed by atoms with E-state index in [1.54, 1.807) is 6.07 Å². The van der Waals surface area contributed by atoms with Gasteiger partial charge in [-0.1, -0.05) is 24.3 Å². The summed E-state index contributed by atoms with van der Waals surface area (Å²) in [5, 5.41) is 14.3. The molecule has 10 heteroatoms. The van der Waals surface area contributed by atoms with Crippen LogP contribution in [0.3, 0.4) is 0 Å². The third-order valence-corrected chi connectivity index (χ3v) is 4.78. The predicted octanol–water partition coefficient (Wildman–Crippen LogP) is 4.57. The van der Waals surface area contributed by atoms with Crippen molar-refractivity contribution >= 4 is 11.6 Å². The number of halogens is 3. The molecule has 0 aliphatic carbocycles.